The minimum atomic E-state index is -1.36. The number of esters is 1. The largest absolute Gasteiger partial charge is 0.460 e. The molecule has 0 spiro atoms. The van der Waals surface area contributed by atoms with Gasteiger partial charge in [-0.1, -0.05) is 51.5 Å². The monoisotopic (exact) mass is 342 g/mol. The van der Waals surface area contributed by atoms with Crippen LogP contribution < -0.4 is 0 Å². The molecule has 0 saturated heterocycles. The fourth-order valence-electron chi connectivity index (χ4n) is 2.81. The van der Waals surface area contributed by atoms with E-state index in [1.807, 2.05) is 6.92 Å². The molecule has 3 nitrogen and oxygen atoms in total. The zero-order chi connectivity index (χ0) is 17.6. The van der Waals surface area contributed by atoms with Crippen molar-refractivity contribution in [3.8, 4) is 0 Å². The van der Waals surface area contributed by atoms with Gasteiger partial charge >= 0.3 is 5.97 Å². The summed E-state index contributed by atoms with van der Waals surface area (Å²) < 4.78 is 11.0. The molecular weight excluding hydrogens is 304 g/mol. The molecule has 0 aromatic rings. The van der Waals surface area contributed by atoms with Gasteiger partial charge in [0.2, 0.25) is 0 Å². The van der Waals surface area contributed by atoms with Crippen LogP contribution in [-0.2, 0) is 14.0 Å². The first-order valence-corrected chi connectivity index (χ1v) is 12.5. The lowest BCUT2D eigenvalue weighted by Gasteiger charge is -2.21. The van der Waals surface area contributed by atoms with Crippen molar-refractivity contribution in [2.45, 2.75) is 96.9 Å². The van der Waals surface area contributed by atoms with Gasteiger partial charge in [-0.05, 0) is 45.8 Å². The Morgan fingerprint density at radius 1 is 1.04 bits per heavy atom. The lowest BCUT2D eigenvalue weighted by Crippen LogP contribution is -2.29. The van der Waals surface area contributed by atoms with Crippen molar-refractivity contribution in [1.29, 1.82) is 0 Å². The summed E-state index contributed by atoms with van der Waals surface area (Å²) in [6.45, 7) is 13.0. The van der Waals surface area contributed by atoms with Crippen molar-refractivity contribution >= 4 is 14.3 Å². The number of hydrogen-bond acceptors (Lipinski definition) is 3. The van der Waals surface area contributed by atoms with E-state index >= 15 is 0 Å². The molecule has 136 valence electrons. The molecule has 4 heteroatoms. The predicted octanol–water partition coefficient (Wildman–Crippen LogP) is 5.86. The van der Waals surface area contributed by atoms with Crippen LogP contribution in [0.5, 0.6) is 0 Å². The van der Waals surface area contributed by atoms with Gasteiger partial charge in [-0.3, -0.25) is 0 Å². The second-order valence-corrected chi connectivity index (χ2v) is 11.3. The summed E-state index contributed by atoms with van der Waals surface area (Å²) >= 11 is 0. The van der Waals surface area contributed by atoms with Crippen LogP contribution in [0.1, 0.15) is 71.6 Å². The maximum Gasteiger partial charge on any atom is 0.330 e. The Balaban J connectivity index is 3.34. The van der Waals surface area contributed by atoms with Crippen molar-refractivity contribution in [2.24, 2.45) is 0 Å². The maximum atomic E-state index is 11.0. The van der Waals surface area contributed by atoms with Crippen molar-refractivity contribution in [3.63, 3.8) is 0 Å². The number of carbonyl (C=O) groups is 1. The molecule has 0 aromatic heterocycles. The highest BCUT2D eigenvalue weighted by Crippen LogP contribution is 2.17. The van der Waals surface area contributed by atoms with Crippen LogP contribution in [0.3, 0.4) is 0 Å². The van der Waals surface area contributed by atoms with Gasteiger partial charge in [0.25, 0.3) is 0 Å². The second kappa shape index (κ2) is 13.8. The van der Waals surface area contributed by atoms with Gasteiger partial charge in [0.1, 0.15) is 0 Å². The zero-order valence-electron chi connectivity index (χ0n) is 15.9. The van der Waals surface area contributed by atoms with Crippen molar-refractivity contribution in [2.75, 3.05) is 6.61 Å². The molecule has 0 aliphatic rings. The van der Waals surface area contributed by atoms with E-state index in [0.29, 0.717) is 0 Å². The normalized spacial score (nSPS) is 12.9. The summed E-state index contributed by atoms with van der Waals surface area (Å²) in [7, 11) is -1.36. The second-order valence-electron chi connectivity index (χ2n) is 7.01. The number of ether oxygens (including phenoxy) is 1. The Bertz CT molecular complexity index is 316. The SMILES string of the molecule is C=CC(=O)OC(C)CCCCCCCCCC[Si](C)(C)OCC. The quantitative estimate of drug-likeness (QED) is 0.162. The predicted molar refractivity (Wildman–Crippen MR) is 101 cm³/mol. The molecular formula is C19H38O3Si. The summed E-state index contributed by atoms with van der Waals surface area (Å²) in [6, 6.07) is 1.29. The van der Waals surface area contributed by atoms with Gasteiger partial charge in [-0.2, -0.15) is 0 Å². The molecule has 0 bridgehead atoms. The van der Waals surface area contributed by atoms with Gasteiger partial charge < -0.3 is 9.16 Å². The van der Waals surface area contributed by atoms with Crippen LogP contribution in [0.25, 0.3) is 0 Å². The lowest BCUT2D eigenvalue weighted by atomic mass is 10.1. The molecule has 1 atom stereocenters. The summed E-state index contributed by atoms with van der Waals surface area (Å²) in [5.41, 5.74) is 0. The zero-order valence-corrected chi connectivity index (χ0v) is 16.9. The Morgan fingerprint density at radius 3 is 2.09 bits per heavy atom. The van der Waals surface area contributed by atoms with E-state index in [-0.39, 0.29) is 12.1 Å². The Morgan fingerprint density at radius 2 is 1.57 bits per heavy atom. The van der Waals surface area contributed by atoms with Crippen LogP contribution in [0.4, 0.5) is 0 Å². The van der Waals surface area contributed by atoms with Gasteiger partial charge in [-0.15, -0.1) is 0 Å². The first kappa shape index (κ1) is 22.4. The molecule has 0 aliphatic carbocycles. The van der Waals surface area contributed by atoms with Crippen LogP contribution in [0.15, 0.2) is 12.7 Å². The van der Waals surface area contributed by atoms with Gasteiger partial charge in [0.15, 0.2) is 8.32 Å². The van der Waals surface area contributed by atoms with Gasteiger partial charge in [0.05, 0.1) is 6.10 Å². The highest BCUT2D eigenvalue weighted by Gasteiger charge is 2.20. The molecule has 0 N–H and O–H groups in total. The van der Waals surface area contributed by atoms with Crippen molar-refractivity contribution in [1.82, 2.24) is 0 Å². The Hall–Kier alpha value is -0.613. The molecule has 1 unspecified atom stereocenters. The van der Waals surface area contributed by atoms with Gasteiger partial charge in [-0.25, -0.2) is 4.79 Å². The van der Waals surface area contributed by atoms with E-state index < -0.39 is 8.32 Å². The number of unbranched alkanes of at least 4 members (excludes halogenated alkanes) is 7. The number of carbonyl (C=O) groups excluding carboxylic acids is 1. The number of hydrogen-bond donors (Lipinski definition) is 0. The standard InChI is InChI=1S/C19H38O3Si/c1-6-19(20)22-18(3)16-14-12-10-8-9-11-13-15-17-23(4,5)21-7-2/h6,18H,1,7-17H2,2-5H3. The highest BCUT2D eigenvalue weighted by molar-refractivity contribution is 6.71. The van der Waals surface area contributed by atoms with E-state index in [4.69, 9.17) is 9.16 Å². The maximum absolute atomic E-state index is 11.0. The third kappa shape index (κ3) is 14.7. The first-order valence-electron chi connectivity index (χ1n) is 9.38. The van der Waals surface area contributed by atoms with E-state index in [0.717, 1.165) is 19.4 Å². The van der Waals surface area contributed by atoms with Crippen molar-refractivity contribution in [3.05, 3.63) is 12.7 Å². The molecule has 23 heavy (non-hydrogen) atoms. The molecule has 0 fully saturated rings. The van der Waals surface area contributed by atoms with Crippen LogP contribution in [0.2, 0.25) is 19.1 Å². The minimum Gasteiger partial charge on any atom is -0.460 e. The molecule has 0 heterocycles. The molecule has 0 saturated carbocycles. The summed E-state index contributed by atoms with van der Waals surface area (Å²) in [5.74, 6) is -0.312. The van der Waals surface area contributed by atoms with Gasteiger partial charge in [0, 0.05) is 12.7 Å². The lowest BCUT2D eigenvalue weighted by molar-refractivity contribution is -0.142. The third-order valence-corrected chi connectivity index (χ3v) is 6.79. The third-order valence-electron chi connectivity index (χ3n) is 4.16. The average molecular weight is 343 g/mol. The van der Waals surface area contributed by atoms with Crippen LogP contribution in [0, 0.1) is 0 Å². The van der Waals surface area contributed by atoms with Crippen molar-refractivity contribution < 1.29 is 14.0 Å². The van der Waals surface area contributed by atoms with E-state index in [2.05, 4.69) is 26.6 Å². The van der Waals surface area contributed by atoms with E-state index in [9.17, 15) is 4.79 Å². The fourth-order valence-corrected chi connectivity index (χ4v) is 4.84. The first-order chi connectivity index (χ1) is 10.9. The van der Waals surface area contributed by atoms with Crippen LogP contribution >= 0.6 is 0 Å². The van der Waals surface area contributed by atoms with E-state index in [1.165, 1.54) is 57.1 Å². The fraction of sp³-hybridized carbons (Fsp3) is 0.842. The Kier molecular flexibility index (Phi) is 13.4. The highest BCUT2D eigenvalue weighted by atomic mass is 28.4. The summed E-state index contributed by atoms with van der Waals surface area (Å²) in [6.07, 6.45) is 12.6. The van der Waals surface area contributed by atoms with E-state index in [1.54, 1.807) is 0 Å². The van der Waals surface area contributed by atoms with Crippen LogP contribution in [-0.4, -0.2) is 27.0 Å². The smallest absolute Gasteiger partial charge is 0.330 e. The molecule has 0 aliphatic heterocycles. The molecule has 0 amide bonds. The average Bonchev–Trinajstić information content (AvgIpc) is 2.48. The number of rotatable bonds is 15. The summed E-state index contributed by atoms with van der Waals surface area (Å²) in [4.78, 5) is 11.0. The molecule has 0 aromatic carbocycles. The summed E-state index contributed by atoms with van der Waals surface area (Å²) in [5, 5.41) is 0. The molecule has 0 rings (SSSR count). The topological polar surface area (TPSA) is 35.5 Å². The molecule has 0 radical (unpaired) electrons. The Labute approximate surface area is 145 Å². The minimum absolute atomic E-state index is 0.0124.